The van der Waals surface area contributed by atoms with E-state index < -0.39 is 0 Å². The third-order valence-electron chi connectivity index (χ3n) is 3.00. The molecule has 17 heavy (non-hydrogen) atoms. The lowest BCUT2D eigenvalue weighted by atomic mass is 10.1. The fourth-order valence-electron chi connectivity index (χ4n) is 2.12. The first-order chi connectivity index (χ1) is 8.26. The summed E-state index contributed by atoms with van der Waals surface area (Å²) in [6.07, 6.45) is 1.52. The number of nitrogens with zero attached hydrogens (tertiary/aromatic N) is 1. The van der Waals surface area contributed by atoms with Crippen LogP contribution in [0.2, 0.25) is 0 Å². The zero-order valence-electron chi connectivity index (χ0n) is 10.4. The highest BCUT2D eigenvalue weighted by Gasteiger charge is 2.18. The van der Waals surface area contributed by atoms with Crippen LogP contribution < -0.4 is 10.9 Å². The van der Waals surface area contributed by atoms with Crippen LogP contribution in [0.1, 0.15) is 43.5 Å². The van der Waals surface area contributed by atoms with Gasteiger partial charge in [-0.05, 0) is 13.3 Å². The van der Waals surface area contributed by atoms with Crippen LogP contribution in [-0.4, -0.2) is 23.1 Å². The van der Waals surface area contributed by atoms with Crippen molar-refractivity contribution in [2.45, 2.75) is 39.3 Å². The van der Waals surface area contributed by atoms with E-state index in [2.05, 4.69) is 15.3 Å². The van der Waals surface area contributed by atoms with Crippen molar-refractivity contribution in [1.82, 2.24) is 15.3 Å². The van der Waals surface area contributed by atoms with Crippen molar-refractivity contribution in [2.24, 2.45) is 0 Å². The van der Waals surface area contributed by atoms with E-state index in [1.807, 2.05) is 13.8 Å². The van der Waals surface area contributed by atoms with Crippen molar-refractivity contribution in [3.8, 4) is 0 Å². The molecule has 0 bridgehead atoms. The minimum atomic E-state index is -0.104. The van der Waals surface area contributed by atoms with Crippen LogP contribution in [0.3, 0.4) is 0 Å². The van der Waals surface area contributed by atoms with Gasteiger partial charge in [-0.3, -0.25) is 4.79 Å². The van der Waals surface area contributed by atoms with Crippen molar-refractivity contribution in [3.05, 3.63) is 27.4 Å². The fraction of sp³-hybridized carbons (Fsp3) is 0.667. The van der Waals surface area contributed by atoms with Gasteiger partial charge in [0.1, 0.15) is 11.9 Å². The number of hydrogen-bond donors (Lipinski definition) is 2. The molecule has 1 aliphatic heterocycles. The minimum absolute atomic E-state index is 0.0321. The fourth-order valence-corrected chi connectivity index (χ4v) is 2.12. The molecule has 1 aromatic heterocycles. The summed E-state index contributed by atoms with van der Waals surface area (Å²) in [5.74, 6) is 0.667. The van der Waals surface area contributed by atoms with E-state index in [0.29, 0.717) is 19.0 Å². The Hall–Kier alpha value is -1.20. The Bertz CT molecular complexity index is 442. The molecule has 1 atom stereocenters. The Kier molecular flexibility index (Phi) is 3.91. The highest BCUT2D eigenvalue weighted by atomic mass is 16.5. The monoisotopic (exact) mass is 237 g/mol. The van der Waals surface area contributed by atoms with E-state index in [-0.39, 0.29) is 11.7 Å². The van der Waals surface area contributed by atoms with Gasteiger partial charge >= 0.3 is 0 Å². The third-order valence-corrected chi connectivity index (χ3v) is 3.00. The maximum Gasteiger partial charge on any atom is 0.255 e. The van der Waals surface area contributed by atoms with Crippen molar-refractivity contribution in [1.29, 1.82) is 0 Å². The molecule has 1 aromatic rings. The Labute approximate surface area is 101 Å². The summed E-state index contributed by atoms with van der Waals surface area (Å²) >= 11 is 0. The normalized spacial score (nSPS) is 16.6. The lowest BCUT2D eigenvalue weighted by Gasteiger charge is -2.19. The summed E-state index contributed by atoms with van der Waals surface area (Å²) in [4.78, 5) is 19.3. The van der Waals surface area contributed by atoms with E-state index >= 15 is 0 Å². The van der Waals surface area contributed by atoms with Gasteiger partial charge in [-0.15, -0.1) is 0 Å². The van der Waals surface area contributed by atoms with Crippen molar-refractivity contribution in [3.63, 3.8) is 0 Å². The molecule has 5 nitrogen and oxygen atoms in total. The molecule has 94 valence electrons. The summed E-state index contributed by atoms with van der Waals surface area (Å²) in [6, 6.07) is 0. The van der Waals surface area contributed by atoms with E-state index in [9.17, 15) is 4.79 Å². The number of rotatable bonds is 4. The first-order valence-corrected chi connectivity index (χ1v) is 6.20. The summed E-state index contributed by atoms with van der Waals surface area (Å²) in [5.41, 5.74) is 1.65. The van der Waals surface area contributed by atoms with Crippen LogP contribution in [0.25, 0.3) is 0 Å². The van der Waals surface area contributed by atoms with Crippen LogP contribution in [0.15, 0.2) is 4.79 Å². The molecule has 1 aliphatic rings. The molecule has 2 N–H and O–H groups in total. The van der Waals surface area contributed by atoms with Gasteiger partial charge in [0, 0.05) is 26.1 Å². The highest BCUT2D eigenvalue weighted by Crippen LogP contribution is 2.17. The Balaban J connectivity index is 2.36. The topological polar surface area (TPSA) is 67.0 Å². The molecule has 0 fully saturated rings. The molecule has 0 radical (unpaired) electrons. The average Bonchev–Trinajstić information content (AvgIpc) is 2.36. The maximum atomic E-state index is 11.9. The molecule has 0 amide bonds. The molecule has 0 aliphatic carbocycles. The van der Waals surface area contributed by atoms with Gasteiger partial charge in [-0.1, -0.05) is 6.92 Å². The molecule has 1 unspecified atom stereocenters. The largest absolute Gasteiger partial charge is 0.371 e. The molecule has 0 spiro atoms. The summed E-state index contributed by atoms with van der Waals surface area (Å²) in [7, 11) is 0. The number of hydrogen-bond acceptors (Lipinski definition) is 4. The van der Waals surface area contributed by atoms with Gasteiger partial charge in [-0.25, -0.2) is 4.98 Å². The zero-order chi connectivity index (χ0) is 12.3. The quantitative estimate of drug-likeness (QED) is 0.816. The first kappa shape index (κ1) is 12.3. The number of aromatic nitrogens is 2. The van der Waals surface area contributed by atoms with Crippen molar-refractivity contribution in [2.75, 3.05) is 13.2 Å². The molecule has 2 heterocycles. The number of aromatic amines is 1. The maximum absolute atomic E-state index is 11.9. The van der Waals surface area contributed by atoms with E-state index in [4.69, 9.17) is 4.74 Å². The summed E-state index contributed by atoms with van der Waals surface area (Å²) in [5, 5.41) is 3.18. The summed E-state index contributed by atoms with van der Waals surface area (Å²) in [6.45, 7) is 6.10. The Morgan fingerprint density at radius 1 is 1.47 bits per heavy atom. The number of H-pyrrole nitrogens is 1. The molecule has 5 heteroatoms. The average molecular weight is 237 g/mol. The van der Waals surface area contributed by atoms with E-state index in [1.54, 1.807) is 0 Å². The molecule has 0 saturated carbocycles. The van der Waals surface area contributed by atoms with Crippen LogP contribution in [-0.2, 0) is 17.7 Å². The predicted molar refractivity (Wildman–Crippen MR) is 64.9 cm³/mol. The molecule has 2 rings (SSSR count). The lowest BCUT2D eigenvalue weighted by Crippen LogP contribution is -2.32. The molecular formula is C12H19N3O2. The zero-order valence-corrected chi connectivity index (χ0v) is 10.4. The lowest BCUT2D eigenvalue weighted by molar-refractivity contribution is 0.0530. The second-order valence-corrected chi connectivity index (χ2v) is 4.16. The first-order valence-electron chi connectivity index (χ1n) is 6.20. The summed E-state index contributed by atoms with van der Waals surface area (Å²) < 4.78 is 5.57. The van der Waals surface area contributed by atoms with Gasteiger partial charge < -0.3 is 15.0 Å². The van der Waals surface area contributed by atoms with Crippen molar-refractivity contribution >= 4 is 0 Å². The molecule has 0 aromatic carbocycles. The van der Waals surface area contributed by atoms with Crippen LogP contribution in [0.5, 0.6) is 0 Å². The molecule has 0 saturated heterocycles. The third kappa shape index (κ3) is 2.56. The van der Waals surface area contributed by atoms with E-state index in [1.165, 1.54) is 0 Å². The smallest absolute Gasteiger partial charge is 0.255 e. The Morgan fingerprint density at radius 2 is 2.29 bits per heavy atom. The number of nitrogens with one attached hydrogen (secondary N) is 2. The minimum Gasteiger partial charge on any atom is -0.371 e. The van der Waals surface area contributed by atoms with Crippen LogP contribution >= 0.6 is 0 Å². The second-order valence-electron chi connectivity index (χ2n) is 4.16. The van der Waals surface area contributed by atoms with Gasteiger partial charge in [0.25, 0.3) is 5.56 Å². The number of fused-ring (bicyclic) bond motifs is 1. The SMILES string of the molecule is CCOC(CC)c1nc2c(c(=O)[nH]1)CNCC2. The van der Waals surface area contributed by atoms with Crippen LogP contribution in [0.4, 0.5) is 0 Å². The second kappa shape index (κ2) is 5.42. The van der Waals surface area contributed by atoms with Gasteiger partial charge in [0.15, 0.2) is 0 Å². The standard InChI is InChI=1S/C12H19N3O2/c1-3-10(17-4-2)11-14-9-5-6-13-7-8(9)12(16)15-11/h10,13H,3-7H2,1-2H3,(H,14,15,16). The molecular weight excluding hydrogens is 218 g/mol. The van der Waals surface area contributed by atoms with Crippen molar-refractivity contribution < 1.29 is 4.74 Å². The van der Waals surface area contributed by atoms with E-state index in [0.717, 1.165) is 30.6 Å². The van der Waals surface area contributed by atoms with Crippen LogP contribution in [0, 0.1) is 0 Å². The highest BCUT2D eigenvalue weighted by molar-refractivity contribution is 5.21. The predicted octanol–water partition coefficient (Wildman–Crippen LogP) is 0.903. The van der Waals surface area contributed by atoms with Gasteiger partial charge in [0.2, 0.25) is 0 Å². The Morgan fingerprint density at radius 3 is 3.00 bits per heavy atom. The van der Waals surface area contributed by atoms with Gasteiger partial charge in [0.05, 0.1) is 11.3 Å². The van der Waals surface area contributed by atoms with Gasteiger partial charge in [-0.2, -0.15) is 0 Å². The number of ether oxygens (including phenoxy) is 1.